The van der Waals surface area contributed by atoms with Crippen LogP contribution in [-0.4, -0.2) is 15.2 Å². The number of nitrogens with zero attached hydrogens (tertiary/aromatic N) is 2. The van der Waals surface area contributed by atoms with Crippen molar-refractivity contribution in [3.05, 3.63) is 22.6 Å². The van der Waals surface area contributed by atoms with E-state index in [9.17, 15) is 0 Å². The van der Waals surface area contributed by atoms with E-state index in [1.165, 1.54) is 0 Å². The van der Waals surface area contributed by atoms with Crippen molar-refractivity contribution in [1.29, 1.82) is 0 Å². The number of aromatic nitrogens is 3. The van der Waals surface area contributed by atoms with Gasteiger partial charge in [0, 0.05) is 0 Å². The Morgan fingerprint density at radius 3 is 2.75 bits per heavy atom. The van der Waals surface area contributed by atoms with Crippen LogP contribution in [0.4, 0.5) is 0 Å². The molecule has 6 heteroatoms. The highest BCUT2D eigenvalue weighted by molar-refractivity contribution is 9.10. The summed E-state index contributed by atoms with van der Waals surface area (Å²) in [6.07, 6.45) is 0. The largest absolute Gasteiger partial charge is 0.446 e. The predicted molar refractivity (Wildman–Crippen MR) is 63.6 cm³/mol. The molecule has 0 bridgehead atoms. The minimum absolute atomic E-state index is 0.139. The van der Waals surface area contributed by atoms with Gasteiger partial charge in [-0.3, -0.25) is 5.10 Å². The zero-order chi connectivity index (χ0) is 11.7. The lowest BCUT2D eigenvalue weighted by Gasteiger charge is -2.10. The summed E-state index contributed by atoms with van der Waals surface area (Å²) in [7, 11) is 0. The third-order valence-electron chi connectivity index (χ3n) is 2.33. The van der Waals surface area contributed by atoms with E-state index < -0.39 is 0 Å². The van der Waals surface area contributed by atoms with Crippen LogP contribution in [0.25, 0.3) is 11.6 Å². The molecule has 0 aliphatic heterocycles. The molecule has 16 heavy (non-hydrogen) atoms. The van der Waals surface area contributed by atoms with Gasteiger partial charge in [-0.25, -0.2) is 4.98 Å². The summed E-state index contributed by atoms with van der Waals surface area (Å²) in [5, 5.41) is 6.91. The van der Waals surface area contributed by atoms with Crippen LogP contribution in [-0.2, 0) is 0 Å². The average Bonchev–Trinajstić information content (AvgIpc) is 2.84. The normalized spacial score (nSPS) is 13.3. The number of rotatable bonds is 3. The highest BCUT2D eigenvalue weighted by atomic mass is 79.9. The molecule has 86 valence electrons. The number of H-pyrrole nitrogens is 1. The Hall–Kier alpha value is -1.14. The Balaban J connectivity index is 2.26. The summed E-state index contributed by atoms with van der Waals surface area (Å²) < 4.78 is 6.01. The van der Waals surface area contributed by atoms with Gasteiger partial charge in [-0.05, 0) is 34.0 Å². The minimum Gasteiger partial charge on any atom is -0.446 e. The van der Waals surface area contributed by atoms with Crippen molar-refractivity contribution in [2.45, 2.75) is 19.9 Å². The molecule has 0 aromatic carbocycles. The Morgan fingerprint density at radius 2 is 2.19 bits per heavy atom. The first-order chi connectivity index (χ1) is 7.58. The summed E-state index contributed by atoms with van der Waals surface area (Å²) in [4.78, 5) is 4.31. The Kier molecular flexibility index (Phi) is 3.11. The van der Waals surface area contributed by atoms with Crippen LogP contribution in [0, 0.1) is 5.92 Å². The fourth-order valence-electron chi connectivity index (χ4n) is 1.28. The van der Waals surface area contributed by atoms with Gasteiger partial charge in [-0.2, -0.15) is 0 Å². The molecule has 2 rings (SSSR count). The number of hydrogen-bond donors (Lipinski definition) is 2. The van der Waals surface area contributed by atoms with E-state index in [4.69, 9.17) is 10.2 Å². The average molecular weight is 285 g/mol. The maximum Gasteiger partial charge on any atom is 0.217 e. The van der Waals surface area contributed by atoms with Crippen LogP contribution in [0.1, 0.15) is 25.7 Å². The molecule has 0 aliphatic rings. The van der Waals surface area contributed by atoms with Crippen molar-refractivity contribution in [3.63, 3.8) is 0 Å². The number of halogens is 1. The van der Waals surface area contributed by atoms with Gasteiger partial charge < -0.3 is 10.2 Å². The van der Waals surface area contributed by atoms with Gasteiger partial charge in [0.05, 0.1) is 6.04 Å². The molecule has 0 saturated heterocycles. The van der Waals surface area contributed by atoms with Crippen molar-refractivity contribution in [1.82, 2.24) is 15.2 Å². The Labute approximate surface area is 102 Å². The van der Waals surface area contributed by atoms with Crippen molar-refractivity contribution >= 4 is 15.9 Å². The van der Waals surface area contributed by atoms with Gasteiger partial charge in [0.2, 0.25) is 5.82 Å². The van der Waals surface area contributed by atoms with Crippen LogP contribution in [0.5, 0.6) is 0 Å². The lowest BCUT2D eigenvalue weighted by Crippen LogP contribution is -2.18. The highest BCUT2D eigenvalue weighted by Gasteiger charge is 2.17. The van der Waals surface area contributed by atoms with Gasteiger partial charge in [0.15, 0.2) is 10.4 Å². The first kappa shape index (κ1) is 11.3. The van der Waals surface area contributed by atoms with Gasteiger partial charge in [-0.1, -0.05) is 13.8 Å². The summed E-state index contributed by atoms with van der Waals surface area (Å²) in [5.74, 6) is 2.13. The van der Waals surface area contributed by atoms with Crippen LogP contribution < -0.4 is 5.73 Å². The fourth-order valence-corrected chi connectivity index (χ4v) is 1.59. The minimum atomic E-state index is -0.139. The Bertz CT molecular complexity index is 477. The first-order valence-corrected chi connectivity index (χ1v) is 5.81. The molecular formula is C10H13BrN4O. The van der Waals surface area contributed by atoms with Crippen LogP contribution in [0.2, 0.25) is 0 Å². The number of nitrogens with two attached hydrogens (primary N) is 1. The number of furan rings is 1. The smallest absolute Gasteiger partial charge is 0.217 e. The molecule has 5 nitrogen and oxygen atoms in total. The zero-order valence-corrected chi connectivity index (χ0v) is 10.7. The summed E-state index contributed by atoms with van der Waals surface area (Å²) in [6.45, 7) is 4.08. The molecule has 0 fully saturated rings. The summed E-state index contributed by atoms with van der Waals surface area (Å²) in [6, 6.07) is 3.46. The van der Waals surface area contributed by atoms with Gasteiger partial charge in [0.1, 0.15) is 5.82 Å². The van der Waals surface area contributed by atoms with E-state index in [-0.39, 0.29) is 6.04 Å². The van der Waals surface area contributed by atoms with Crippen molar-refractivity contribution < 1.29 is 4.42 Å². The molecular weight excluding hydrogens is 272 g/mol. The maximum absolute atomic E-state index is 5.96. The molecule has 1 atom stereocenters. The molecule has 0 unspecified atom stereocenters. The van der Waals surface area contributed by atoms with E-state index in [0.717, 1.165) is 0 Å². The lowest BCUT2D eigenvalue weighted by atomic mass is 10.1. The topological polar surface area (TPSA) is 80.7 Å². The molecule has 2 heterocycles. The van der Waals surface area contributed by atoms with E-state index in [2.05, 4.69) is 31.1 Å². The molecule has 0 aliphatic carbocycles. The van der Waals surface area contributed by atoms with Crippen LogP contribution >= 0.6 is 15.9 Å². The van der Waals surface area contributed by atoms with Crippen molar-refractivity contribution in [2.24, 2.45) is 11.7 Å². The summed E-state index contributed by atoms with van der Waals surface area (Å²) >= 11 is 3.23. The maximum atomic E-state index is 5.96. The predicted octanol–water partition coefficient (Wildman–Crippen LogP) is 2.48. The van der Waals surface area contributed by atoms with Gasteiger partial charge >= 0.3 is 0 Å². The molecule has 2 aromatic heterocycles. The van der Waals surface area contributed by atoms with E-state index in [0.29, 0.717) is 28.0 Å². The standard InChI is InChI=1S/C10H13BrN4O/c1-5(2)8(12)10-13-9(14-15-10)6-3-4-7(11)16-6/h3-5,8H,12H2,1-2H3,(H,13,14,15)/t8-/m1/s1. The van der Waals surface area contributed by atoms with Crippen molar-refractivity contribution in [3.8, 4) is 11.6 Å². The number of nitrogens with one attached hydrogen (secondary N) is 1. The molecule has 0 saturated carbocycles. The van der Waals surface area contributed by atoms with Crippen molar-refractivity contribution in [2.75, 3.05) is 0 Å². The van der Waals surface area contributed by atoms with Gasteiger partial charge in [0.25, 0.3) is 0 Å². The van der Waals surface area contributed by atoms with E-state index in [1.807, 2.05) is 13.8 Å². The molecule has 3 N–H and O–H groups in total. The van der Waals surface area contributed by atoms with Crippen LogP contribution in [0.15, 0.2) is 21.2 Å². The highest BCUT2D eigenvalue weighted by Crippen LogP contribution is 2.23. The van der Waals surface area contributed by atoms with Crippen LogP contribution in [0.3, 0.4) is 0 Å². The quantitative estimate of drug-likeness (QED) is 0.907. The third-order valence-corrected chi connectivity index (χ3v) is 2.76. The fraction of sp³-hybridized carbons (Fsp3) is 0.400. The second-order valence-electron chi connectivity index (χ2n) is 3.92. The molecule has 0 amide bonds. The van der Waals surface area contributed by atoms with E-state index >= 15 is 0 Å². The zero-order valence-electron chi connectivity index (χ0n) is 9.07. The SMILES string of the molecule is CC(C)[C@@H](N)c1nc(-c2ccc(Br)o2)n[nH]1. The molecule has 2 aromatic rings. The molecule has 0 radical (unpaired) electrons. The molecule has 0 spiro atoms. The lowest BCUT2D eigenvalue weighted by molar-refractivity contribution is 0.491. The second kappa shape index (κ2) is 4.39. The summed E-state index contributed by atoms with van der Waals surface area (Å²) in [5.41, 5.74) is 5.96. The Morgan fingerprint density at radius 1 is 1.44 bits per heavy atom. The van der Waals surface area contributed by atoms with E-state index in [1.54, 1.807) is 12.1 Å². The number of aromatic amines is 1. The number of hydrogen-bond acceptors (Lipinski definition) is 4. The second-order valence-corrected chi connectivity index (χ2v) is 4.70. The van der Waals surface area contributed by atoms with Gasteiger partial charge in [-0.15, -0.1) is 5.10 Å². The first-order valence-electron chi connectivity index (χ1n) is 5.01. The monoisotopic (exact) mass is 284 g/mol. The third kappa shape index (κ3) is 2.17.